The zero-order valence-corrected chi connectivity index (χ0v) is 14.0. The second kappa shape index (κ2) is 7.49. The standard InChI is InChI=1S/C20H15F3N2O2/c21-20(22,23)15-8-10-16(11-9-15)24-19(27)18(26)17-7-4-12-25(17)13-14-5-2-1-3-6-14/h1-12H,13H2,(H,24,27). The maximum Gasteiger partial charge on any atom is 0.416 e. The van der Waals surface area contributed by atoms with Crippen molar-refractivity contribution in [3.05, 3.63) is 89.7 Å². The van der Waals surface area contributed by atoms with E-state index >= 15 is 0 Å². The molecule has 4 nitrogen and oxygen atoms in total. The highest BCUT2D eigenvalue weighted by atomic mass is 19.4. The minimum atomic E-state index is -4.46. The largest absolute Gasteiger partial charge is 0.416 e. The Morgan fingerprint density at radius 1 is 0.889 bits per heavy atom. The first kappa shape index (κ1) is 18.4. The van der Waals surface area contributed by atoms with E-state index in [9.17, 15) is 22.8 Å². The van der Waals surface area contributed by atoms with Gasteiger partial charge in [0, 0.05) is 18.4 Å². The monoisotopic (exact) mass is 372 g/mol. The summed E-state index contributed by atoms with van der Waals surface area (Å²) in [6, 6.07) is 16.5. The lowest BCUT2D eigenvalue weighted by Crippen LogP contribution is -2.25. The van der Waals surface area contributed by atoms with E-state index in [4.69, 9.17) is 0 Å². The first-order valence-electron chi connectivity index (χ1n) is 8.06. The molecule has 0 atom stereocenters. The van der Waals surface area contributed by atoms with Gasteiger partial charge in [0.1, 0.15) is 0 Å². The normalized spacial score (nSPS) is 11.2. The fourth-order valence-corrected chi connectivity index (χ4v) is 2.58. The van der Waals surface area contributed by atoms with Crippen molar-refractivity contribution >= 4 is 17.4 Å². The smallest absolute Gasteiger partial charge is 0.340 e. The Balaban J connectivity index is 1.71. The van der Waals surface area contributed by atoms with Crippen LogP contribution in [0.1, 0.15) is 21.6 Å². The van der Waals surface area contributed by atoms with E-state index in [1.54, 1.807) is 16.8 Å². The number of aromatic nitrogens is 1. The van der Waals surface area contributed by atoms with Crippen molar-refractivity contribution in [3.8, 4) is 0 Å². The molecule has 1 amide bonds. The van der Waals surface area contributed by atoms with E-state index in [1.165, 1.54) is 6.07 Å². The molecule has 0 saturated carbocycles. The number of hydrogen-bond acceptors (Lipinski definition) is 2. The average molecular weight is 372 g/mol. The Labute approximate surface area is 153 Å². The number of benzene rings is 2. The third-order valence-electron chi connectivity index (χ3n) is 3.93. The van der Waals surface area contributed by atoms with Gasteiger partial charge in [0.25, 0.3) is 11.7 Å². The van der Waals surface area contributed by atoms with Gasteiger partial charge in [-0.3, -0.25) is 9.59 Å². The van der Waals surface area contributed by atoms with E-state index in [0.717, 1.165) is 29.8 Å². The van der Waals surface area contributed by atoms with Crippen molar-refractivity contribution in [2.45, 2.75) is 12.7 Å². The predicted molar refractivity (Wildman–Crippen MR) is 94.4 cm³/mol. The summed E-state index contributed by atoms with van der Waals surface area (Å²) in [6.45, 7) is 0.419. The van der Waals surface area contributed by atoms with E-state index in [0.29, 0.717) is 6.54 Å². The lowest BCUT2D eigenvalue weighted by Gasteiger charge is -2.10. The van der Waals surface area contributed by atoms with E-state index in [1.807, 2.05) is 30.3 Å². The highest BCUT2D eigenvalue weighted by molar-refractivity contribution is 6.46. The second-order valence-electron chi connectivity index (χ2n) is 5.87. The number of Topliss-reactive ketones (excluding diaryl/α,β-unsaturated/α-hetero) is 1. The van der Waals surface area contributed by atoms with Gasteiger partial charge in [-0.2, -0.15) is 13.2 Å². The lowest BCUT2D eigenvalue weighted by atomic mass is 10.2. The number of ketones is 1. The Morgan fingerprint density at radius 2 is 1.56 bits per heavy atom. The number of amides is 1. The maximum absolute atomic E-state index is 12.6. The molecule has 0 radical (unpaired) electrons. The molecule has 7 heteroatoms. The summed E-state index contributed by atoms with van der Waals surface area (Å²) >= 11 is 0. The molecule has 1 heterocycles. The molecule has 1 aromatic heterocycles. The molecular formula is C20H15F3N2O2. The van der Waals surface area contributed by atoms with Crippen LogP contribution in [0.3, 0.4) is 0 Å². The number of alkyl halides is 3. The van der Waals surface area contributed by atoms with Crippen LogP contribution < -0.4 is 5.32 Å². The SMILES string of the molecule is O=C(Nc1ccc(C(F)(F)F)cc1)C(=O)c1cccn1Cc1ccccc1. The quantitative estimate of drug-likeness (QED) is 0.534. The van der Waals surface area contributed by atoms with Crippen LogP contribution in [0.4, 0.5) is 18.9 Å². The number of carbonyl (C=O) groups excluding carboxylic acids is 2. The van der Waals surface area contributed by atoms with Crippen LogP contribution in [0.2, 0.25) is 0 Å². The van der Waals surface area contributed by atoms with Gasteiger partial charge in [0.2, 0.25) is 0 Å². The number of anilines is 1. The third kappa shape index (κ3) is 4.44. The van der Waals surface area contributed by atoms with Gasteiger partial charge >= 0.3 is 6.18 Å². The molecule has 2 aromatic carbocycles. The number of nitrogens with one attached hydrogen (secondary N) is 1. The zero-order valence-electron chi connectivity index (χ0n) is 14.0. The minimum absolute atomic E-state index is 0.113. The zero-order chi connectivity index (χ0) is 19.4. The number of nitrogens with zero attached hydrogens (tertiary/aromatic N) is 1. The molecule has 27 heavy (non-hydrogen) atoms. The van der Waals surface area contributed by atoms with Crippen LogP contribution in [0.5, 0.6) is 0 Å². The Morgan fingerprint density at radius 3 is 2.19 bits per heavy atom. The van der Waals surface area contributed by atoms with Crippen LogP contribution in [-0.2, 0) is 17.5 Å². The van der Waals surface area contributed by atoms with Crippen molar-refractivity contribution in [2.24, 2.45) is 0 Å². The van der Waals surface area contributed by atoms with Crippen molar-refractivity contribution < 1.29 is 22.8 Å². The molecule has 1 N–H and O–H groups in total. The Bertz CT molecular complexity index is 945. The van der Waals surface area contributed by atoms with Crippen LogP contribution in [0.15, 0.2) is 72.9 Å². The molecule has 0 unspecified atom stereocenters. The van der Waals surface area contributed by atoms with Gasteiger partial charge in [-0.1, -0.05) is 30.3 Å². The Kier molecular flexibility index (Phi) is 5.12. The van der Waals surface area contributed by atoms with Crippen LogP contribution in [0, 0.1) is 0 Å². The summed E-state index contributed by atoms with van der Waals surface area (Å²) in [5.74, 6) is -1.68. The fraction of sp³-hybridized carbons (Fsp3) is 0.100. The number of rotatable bonds is 5. The molecule has 0 aliphatic rings. The van der Waals surface area contributed by atoms with Crippen molar-refractivity contribution in [1.29, 1.82) is 0 Å². The van der Waals surface area contributed by atoms with Crippen LogP contribution in [-0.4, -0.2) is 16.3 Å². The fourth-order valence-electron chi connectivity index (χ4n) is 2.58. The van der Waals surface area contributed by atoms with Crippen LogP contribution in [0.25, 0.3) is 0 Å². The molecule has 138 valence electrons. The van der Waals surface area contributed by atoms with Crippen molar-refractivity contribution in [2.75, 3.05) is 5.32 Å². The summed E-state index contributed by atoms with van der Waals surface area (Å²) in [5, 5.41) is 2.33. The molecule has 3 aromatic rings. The number of hydrogen-bond donors (Lipinski definition) is 1. The summed E-state index contributed by atoms with van der Waals surface area (Å²) in [7, 11) is 0. The van der Waals surface area contributed by atoms with E-state index in [2.05, 4.69) is 5.32 Å². The maximum atomic E-state index is 12.6. The lowest BCUT2D eigenvalue weighted by molar-refractivity contribution is -0.137. The van der Waals surface area contributed by atoms with E-state index < -0.39 is 23.4 Å². The van der Waals surface area contributed by atoms with Crippen LogP contribution >= 0.6 is 0 Å². The highest BCUT2D eigenvalue weighted by Crippen LogP contribution is 2.29. The average Bonchev–Trinajstić information content (AvgIpc) is 3.09. The molecule has 0 saturated heterocycles. The van der Waals surface area contributed by atoms with Gasteiger partial charge in [-0.15, -0.1) is 0 Å². The first-order chi connectivity index (χ1) is 12.8. The highest BCUT2D eigenvalue weighted by Gasteiger charge is 2.30. The molecule has 0 aliphatic heterocycles. The summed E-state index contributed by atoms with van der Waals surface area (Å²) in [4.78, 5) is 24.6. The van der Waals surface area contributed by atoms with Gasteiger partial charge in [-0.25, -0.2) is 0 Å². The third-order valence-corrected chi connectivity index (χ3v) is 3.93. The predicted octanol–water partition coefficient (Wildman–Crippen LogP) is 4.38. The first-order valence-corrected chi connectivity index (χ1v) is 8.06. The molecule has 0 aliphatic carbocycles. The van der Waals surface area contributed by atoms with Crippen molar-refractivity contribution in [1.82, 2.24) is 4.57 Å². The number of carbonyl (C=O) groups is 2. The molecular weight excluding hydrogens is 357 g/mol. The molecule has 0 spiro atoms. The summed E-state index contributed by atoms with van der Waals surface area (Å²) in [6.07, 6.45) is -2.78. The summed E-state index contributed by atoms with van der Waals surface area (Å²) in [5.41, 5.74) is 0.445. The van der Waals surface area contributed by atoms with Gasteiger partial charge < -0.3 is 9.88 Å². The topological polar surface area (TPSA) is 51.1 Å². The summed E-state index contributed by atoms with van der Waals surface area (Å²) < 4.78 is 39.4. The molecule has 3 rings (SSSR count). The molecule has 0 bridgehead atoms. The van der Waals surface area contributed by atoms with Gasteiger partial charge in [-0.05, 0) is 42.0 Å². The van der Waals surface area contributed by atoms with E-state index in [-0.39, 0.29) is 11.4 Å². The second-order valence-corrected chi connectivity index (χ2v) is 5.87. The Hall–Kier alpha value is -3.35. The number of halogens is 3. The molecule has 0 fully saturated rings. The van der Waals surface area contributed by atoms with Gasteiger partial charge in [0.15, 0.2) is 0 Å². The minimum Gasteiger partial charge on any atom is -0.340 e. The van der Waals surface area contributed by atoms with Gasteiger partial charge in [0.05, 0.1) is 11.3 Å². The van der Waals surface area contributed by atoms with Crippen molar-refractivity contribution in [3.63, 3.8) is 0 Å².